The van der Waals surface area contributed by atoms with Crippen molar-refractivity contribution in [3.05, 3.63) is 69.2 Å². The van der Waals surface area contributed by atoms with Crippen LogP contribution < -0.4 is 16.0 Å². The fourth-order valence-corrected chi connectivity index (χ4v) is 3.41. The second-order valence-electron chi connectivity index (χ2n) is 10.0. The Kier molecular flexibility index (Phi) is 10.6. The number of aliphatic imine (C=N–C) groups is 1. The van der Waals surface area contributed by atoms with Crippen molar-refractivity contribution in [2.75, 3.05) is 0 Å². The van der Waals surface area contributed by atoms with Gasteiger partial charge in [-0.05, 0) is 64.8 Å². The molecule has 0 aliphatic carbocycles. The first-order chi connectivity index (χ1) is 16.7. The van der Waals surface area contributed by atoms with Crippen LogP contribution >= 0.6 is 23.2 Å². The zero-order valence-corrected chi connectivity index (χ0v) is 23.0. The molecule has 2 aromatic carbocycles. The number of nitrogens with zero attached hydrogens (tertiary/aromatic N) is 1. The van der Waals surface area contributed by atoms with Crippen LogP contribution in [-0.4, -0.2) is 29.3 Å². The van der Waals surface area contributed by atoms with Crippen molar-refractivity contribution in [3.63, 3.8) is 0 Å². The fraction of sp³-hybridized carbons (Fsp3) is 0.423. The molecule has 0 aliphatic rings. The summed E-state index contributed by atoms with van der Waals surface area (Å²) in [5, 5.41) is 9.52. The SMILES string of the molecule is CC(C)(C)OC(=O)NC(=NCc1ccc(CNCc2c(Cl)cccc2Cl)cc1)NC(=O)OC(C)(C)C. The highest BCUT2D eigenvalue weighted by Gasteiger charge is 2.21. The van der Waals surface area contributed by atoms with Crippen molar-refractivity contribution >= 4 is 41.3 Å². The van der Waals surface area contributed by atoms with Crippen LogP contribution in [0.3, 0.4) is 0 Å². The van der Waals surface area contributed by atoms with Crippen molar-refractivity contribution in [2.45, 2.75) is 72.4 Å². The number of carbonyl (C=O) groups is 2. The lowest BCUT2D eigenvalue weighted by Crippen LogP contribution is -2.47. The third kappa shape index (κ3) is 11.3. The molecule has 0 saturated carbocycles. The fourth-order valence-electron chi connectivity index (χ4n) is 2.88. The highest BCUT2D eigenvalue weighted by molar-refractivity contribution is 6.35. The molecule has 10 heteroatoms. The number of benzene rings is 2. The topological polar surface area (TPSA) is 101 Å². The van der Waals surface area contributed by atoms with Crippen LogP contribution in [0.2, 0.25) is 10.0 Å². The Morgan fingerprint density at radius 1 is 0.778 bits per heavy atom. The number of ether oxygens (including phenoxy) is 2. The molecular formula is C26H34Cl2N4O4. The lowest BCUT2D eigenvalue weighted by Gasteiger charge is -2.22. The summed E-state index contributed by atoms with van der Waals surface area (Å²) in [5.41, 5.74) is 1.38. The maximum atomic E-state index is 12.2. The molecule has 0 unspecified atom stereocenters. The highest BCUT2D eigenvalue weighted by Crippen LogP contribution is 2.24. The summed E-state index contributed by atoms with van der Waals surface area (Å²) < 4.78 is 10.5. The van der Waals surface area contributed by atoms with Gasteiger partial charge in [0.2, 0.25) is 5.96 Å². The zero-order valence-electron chi connectivity index (χ0n) is 21.5. The molecule has 0 atom stereocenters. The van der Waals surface area contributed by atoms with Crippen LogP contribution in [-0.2, 0) is 29.1 Å². The summed E-state index contributed by atoms with van der Waals surface area (Å²) in [6, 6.07) is 13.2. The van der Waals surface area contributed by atoms with E-state index in [0.717, 1.165) is 16.7 Å². The maximum absolute atomic E-state index is 12.2. The van der Waals surface area contributed by atoms with Gasteiger partial charge in [-0.2, -0.15) is 0 Å². The van der Waals surface area contributed by atoms with Gasteiger partial charge in [0.15, 0.2) is 0 Å². The van der Waals surface area contributed by atoms with Gasteiger partial charge < -0.3 is 14.8 Å². The molecule has 0 saturated heterocycles. The van der Waals surface area contributed by atoms with Gasteiger partial charge in [-0.3, -0.25) is 10.6 Å². The van der Waals surface area contributed by atoms with Crippen LogP contribution in [0.5, 0.6) is 0 Å². The molecule has 0 heterocycles. The summed E-state index contributed by atoms with van der Waals surface area (Å²) in [7, 11) is 0. The Morgan fingerprint density at radius 3 is 1.72 bits per heavy atom. The van der Waals surface area contributed by atoms with E-state index in [0.29, 0.717) is 23.1 Å². The first-order valence-corrected chi connectivity index (χ1v) is 12.2. The largest absolute Gasteiger partial charge is 0.444 e. The van der Waals surface area contributed by atoms with Gasteiger partial charge in [0, 0.05) is 28.7 Å². The third-order valence-electron chi connectivity index (χ3n) is 4.37. The summed E-state index contributed by atoms with van der Waals surface area (Å²) >= 11 is 12.4. The van der Waals surface area contributed by atoms with Crippen molar-refractivity contribution in [1.29, 1.82) is 0 Å². The van der Waals surface area contributed by atoms with Crippen molar-refractivity contribution in [2.24, 2.45) is 4.99 Å². The van der Waals surface area contributed by atoms with Crippen LogP contribution in [0.1, 0.15) is 58.2 Å². The van der Waals surface area contributed by atoms with E-state index in [-0.39, 0.29) is 12.5 Å². The number of alkyl carbamates (subject to hydrolysis) is 2. The maximum Gasteiger partial charge on any atom is 0.414 e. The second-order valence-corrected chi connectivity index (χ2v) is 10.9. The van der Waals surface area contributed by atoms with Gasteiger partial charge in [0.1, 0.15) is 11.2 Å². The van der Waals surface area contributed by atoms with Gasteiger partial charge in [-0.1, -0.05) is 53.5 Å². The zero-order chi connectivity index (χ0) is 26.9. The van der Waals surface area contributed by atoms with E-state index in [1.807, 2.05) is 42.5 Å². The molecule has 0 fully saturated rings. The Hall–Kier alpha value is -2.81. The van der Waals surface area contributed by atoms with Gasteiger partial charge in [0.25, 0.3) is 0 Å². The van der Waals surface area contributed by atoms with Gasteiger partial charge in [0.05, 0.1) is 6.54 Å². The smallest absolute Gasteiger partial charge is 0.414 e. The molecule has 0 radical (unpaired) electrons. The predicted molar refractivity (Wildman–Crippen MR) is 143 cm³/mol. The average molecular weight is 537 g/mol. The summed E-state index contributed by atoms with van der Waals surface area (Å²) in [5.74, 6) is -0.0686. The normalized spacial score (nSPS) is 11.4. The number of hydrogen-bond donors (Lipinski definition) is 3. The van der Waals surface area contributed by atoms with E-state index >= 15 is 0 Å². The van der Waals surface area contributed by atoms with Gasteiger partial charge in [-0.15, -0.1) is 0 Å². The Balaban J connectivity index is 2.00. The van der Waals surface area contributed by atoms with E-state index in [2.05, 4.69) is 20.9 Å². The first kappa shape index (κ1) is 29.4. The molecule has 36 heavy (non-hydrogen) atoms. The van der Waals surface area contributed by atoms with E-state index in [1.54, 1.807) is 41.5 Å². The minimum Gasteiger partial charge on any atom is -0.444 e. The lowest BCUT2D eigenvalue weighted by molar-refractivity contribution is 0.0545. The number of halogens is 2. The van der Waals surface area contributed by atoms with E-state index < -0.39 is 23.4 Å². The molecule has 8 nitrogen and oxygen atoms in total. The number of guanidine groups is 1. The van der Waals surface area contributed by atoms with Crippen molar-refractivity contribution in [3.8, 4) is 0 Å². The second kappa shape index (κ2) is 12.9. The molecule has 2 aromatic rings. The number of amides is 2. The molecule has 2 rings (SSSR count). The molecule has 0 aromatic heterocycles. The summed E-state index contributed by atoms with van der Waals surface area (Å²) in [6.07, 6.45) is -1.48. The monoisotopic (exact) mass is 536 g/mol. The molecule has 2 amide bonds. The minimum absolute atomic E-state index is 0.0686. The van der Waals surface area contributed by atoms with Gasteiger partial charge >= 0.3 is 12.2 Å². The summed E-state index contributed by atoms with van der Waals surface area (Å²) in [4.78, 5) is 28.7. The number of carbonyl (C=O) groups excluding carboxylic acids is 2. The lowest BCUT2D eigenvalue weighted by atomic mass is 10.1. The molecule has 0 bridgehead atoms. The average Bonchev–Trinajstić information content (AvgIpc) is 2.72. The Labute approximate surface area is 222 Å². The van der Waals surface area contributed by atoms with Gasteiger partial charge in [-0.25, -0.2) is 14.6 Å². The standard InChI is InChI=1S/C26H34Cl2N4O4/c1-25(2,3)35-23(33)31-22(32-24(34)36-26(4,5)6)30-15-18-12-10-17(11-13-18)14-29-16-19-20(27)8-7-9-21(19)28/h7-13,29H,14-16H2,1-6H3,(H2,30,31,32,33,34). The number of nitrogens with one attached hydrogen (secondary N) is 3. The number of rotatable bonds is 6. The van der Waals surface area contributed by atoms with Crippen molar-refractivity contribution < 1.29 is 19.1 Å². The third-order valence-corrected chi connectivity index (χ3v) is 5.08. The molecule has 3 N–H and O–H groups in total. The first-order valence-electron chi connectivity index (χ1n) is 11.5. The molecule has 0 aliphatic heterocycles. The van der Waals surface area contributed by atoms with E-state index in [4.69, 9.17) is 32.7 Å². The molecular weight excluding hydrogens is 503 g/mol. The van der Waals surface area contributed by atoms with Crippen LogP contribution in [0, 0.1) is 0 Å². The van der Waals surface area contributed by atoms with Crippen LogP contribution in [0.25, 0.3) is 0 Å². The molecule has 0 spiro atoms. The van der Waals surface area contributed by atoms with E-state index in [9.17, 15) is 9.59 Å². The Morgan fingerprint density at radius 2 is 1.25 bits per heavy atom. The van der Waals surface area contributed by atoms with Crippen LogP contribution in [0.15, 0.2) is 47.5 Å². The van der Waals surface area contributed by atoms with Crippen molar-refractivity contribution in [1.82, 2.24) is 16.0 Å². The quantitative estimate of drug-likeness (QED) is 0.301. The van der Waals surface area contributed by atoms with Crippen LogP contribution in [0.4, 0.5) is 9.59 Å². The summed E-state index contributed by atoms with van der Waals surface area (Å²) in [6.45, 7) is 11.8. The molecule has 196 valence electrons. The minimum atomic E-state index is -0.739. The number of hydrogen-bond acceptors (Lipinski definition) is 6. The highest BCUT2D eigenvalue weighted by atomic mass is 35.5. The predicted octanol–water partition coefficient (Wildman–Crippen LogP) is 6.19. The Bertz CT molecular complexity index is 1020. The van der Waals surface area contributed by atoms with E-state index in [1.165, 1.54) is 0 Å².